The van der Waals surface area contributed by atoms with E-state index in [1.807, 2.05) is 12.1 Å². The Balaban J connectivity index is 2.71. The minimum absolute atomic E-state index is 0.462. The van der Waals surface area contributed by atoms with E-state index in [2.05, 4.69) is 35.0 Å². The van der Waals surface area contributed by atoms with Crippen molar-refractivity contribution in [2.75, 3.05) is 0 Å². The molecule has 0 spiro atoms. The Bertz CT molecular complexity index is 278. The van der Waals surface area contributed by atoms with Gasteiger partial charge in [0, 0.05) is 4.47 Å². The van der Waals surface area contributed by atoms with Crippen LogP contribution >= 0.6 is 38.1 Å². The van der Waals surface area contributed by atoms with Crippen molar-refractivity contribution in [1.82, 2.24) is 0 Å². The molecule has 0 aliphatic heterocycles. The Hall–Kier alpha value is 0.497. The predicted octanol–water partition coefficient (Wildman–Crippen LogP) is 4.25. The van der Waals surface area contributed by atoms with E-state index in [0.717, 1.165) is 10.5 Å². The molecule has 0 aromatic heterocycles. The average molecular weight is 298 g/mol. The molecule has 72 valence electrons. The van der Waals surface area contributed by atoms with Gasteiger partial charge in [-0.25, -0.2) is 0 Å². The van der Waals surface area contributed by atoms with Crippen molar-refractivity contribution in [3.05, 3.63) is 34.3 Å². The SMILES string of the molecule is CC(C[SiH](Cl)Cl)c1cccc(Br)c1. The van der Waals surface area contributed by atoms with Crippen molar-refractivity contribution in [3.8, 4) is 0 Å². The van der Waals surface area contributed by atoms with Crippen LogP contribution in [0.2, 0.25) is 6.04 Å². The third-order valence-corrected chi connectivity index (χ3v) is 4.58. The Morgan fingerprint density at radius 3 is 2.69 bits per heavy atom. The van der Waals surface area contributed by atoms with Crippen molar-refractivity contribution in [1.29, 1.82) is 0 Å². The third-order valence-electron chi connectivity index (χ3n) is 1.95. The van der Waals surface area contributed by atoms with Crippen LogP contribution in [0, 0.1) is 0 Å². The Morgan fingerprint density at radius 2 is 2.15 bits per heavy atom. The summed E-state index contributed by atoms with van der Waals surface area (Å²) in [5.41, 5.74) is 1.30. The van der Waals surface area contributed by atoms with Crippen molar-refractivity contribution in [2.45, 2.75) is 18.9 Å². The second-order valence-corrected chi connectivity index (χ2v) is 9.08. The largest absolute Gasteiger partial charge is 0.237 e. The van der Waals surface area contributed by atoms with Gasteiger partial charge < -0.3 is 0 Å². The summed E-state index contributed by atoms with van der Waals surface area (Å²) in [4.78, 5) is 0. The van der Waals surface area contributed by atoms with E-state index in [1.165, 1.54) is 5.56 Å². The molecule has 1 atom stereocenters. The maximum Gasteiger partial charge on any atom is 0.237 e. The van der Waals surface area contributed by atoms with Crippen LogP contribution in [0.3, 0.4) is 0 Å². The van der Waals surface area contributed by atoms with E-state index in [-0.39, 0.29) is 0 Å². The fourth-order valence-corrected chi connectivity index (χ4v) is 4.04. The lowest BCUT2D eigenvalue weighted by Gasteiger charge is -2.11. The Morgan fingerprint density at radius 1 is 1.46 bits per heavy atom. The minimum atomic E-state index is -1.48. The quantitative estimate of drug-likeness (QED) is 0.578. The molecular formula is C9H11BrCl2Si. The van der Waals surface area contributed by atoms with Crippen molar-refractivity contribution in [2.24, 2.45) is 0 Å². The zero-order valence-electron chi connectivity index (χ0n) is 7.31. The highest BCUT2D eigenvalue weighted by Crippen LogP contribution is 2.25. The lowest BCUT2D eigenvalue weighted by molar-refractivity contribution is 0.860. The summed E-state index contributed by atoms with van der Waals surface area (Å²) in [5, 5.41) is 0. The fraction of sp³-hybridized carbons (Fsp3) is 0.333. The lowest BCUT2D eigenvalue weighted by Crippen LogP contribution is -2.00. The molecule has 1 aromatic carbocycles. The highest BCUT2D eigenvalue weighted by Gasteiger charge is 2.11. The molecule has 0 radical (unpaired) electrons. The first-order valence-electron chi connectivity index (χ1n) is 4.13. The molecule has 0 N–H and O–H groups in total. The highest BCUT2D eigenvalue weighted by molar-refractivity contribution is 9.10. The smallest absolute Gasteiger partial charge is 0.150 e. The lowest BCUT2D eigenvalue weighted by atomic mass is 10.0. The molecule has 0 saturated carbocycles. The fourth-order valence-electron chi connectivity index (χ4n) is 1.22. The predicted molar refractivity (Wildman–Crippen MR) is 66.2 cm³/mol. The second kappa shape index (κ2) is 5.40. The van der Waals surface area contributed by atoms with Gasteiger partial charge in [-0.15, -0.1) is 0 Å². The molecule has 1 rings (SSSR count). The summed E-state index contributed by atoms with van der Waals surface area (Å²) in [6.45, 7) is 2.16. The molecule has 13 heavy (non-hydrogen) atoms. The minimum Gasteiger partial charge on any atom is -0.150 e. The first-order chi connectivity index (χ1) is 6.09. The average Bonchev–Trinajstić information content (AvgIpc) is 2.03. The van der Waals surface area contributed by atoms with Crippen LogP contribution < -0.4 is 0 Å². The summed E-state index contributed by atoms with van der Waals surface area (Å²) in [6, 6.07) is 9.22. The number of hydrogen-bond donors (Lipinski definition) is 0. The Kier molecular flexibility index (Phi) is 4.80. The van der Waals surface area contributed by atoms with Gasteiger partial charge in [0.1, 0.15) is 0 Å². The molecular weight excluding hydrogens is 287 g/mol. The first-order valence-corrected chi connectivity index (χ1v) is 9.23. The summed E-state index contributed by atoms with van der Waals surface area (Å²) < 4.78 is 1.11. The van der Waals surface area contributed by atoms with Crippen LogP contribution in [-0.2, 0) is 0 Å². The van der Waals surface area contributed by atoms with Crippen LogP contribution in [0.4, 0.5) is 0 Å². The maximum absolute atomic E-state index is 5.85. The number of halogens is 3. The molecule has 0 saturated heterocycles. The Labute approximate surface area is 98.4 Å². The van der Waals surface area contributed by atoms with Gasteiger partial charge in [-0.2, -0.15) is 22.2 Å². The van der Waals surface area contributed by atoms with Crippen molar-refractivity contribution in [3.63, 3.8) is 0 Å². The summed E-state index contributed by atoms with van der Waals surface area (Å²) >= 11 is 15.2. The topological polar surface area (TPSA) is 0 Å². The monoisotopic (exact) mass is 296 g/mol. The van der Waals surface area contributed by atoms with Gasteiger partial charge in [0.15, 0.2) is 0 Å². The van der Waals surface area contributed by atoms with Gasteiger partial charge in [-0.1, -0.05) is 35.0 Å². The van der Waals surface area contributed by atoms with E-state index in [4.69, 9.17) is 22.2 Å². The van der Waals surface area contributed by atoms with E-state index in [1.54, 1.807) is 0 Å². The van der Waals surface area contributed by atoms with Gasteiger partial charge in [0.25, 0.3) is 0 Å². The van der Waals surface area contributed by atoms with E-state index in [0.29, 0.717) is 5.92 Å². The summed E-state index contributed by atoms with van der Waals surface area (Å²) in [6.07, 6.45) is 0. The van der Waals surface area contributed by atoms with Crippen LogP contribution in [0.1, 0.15) is 18.4 Å². The zero-order chi connectivity index (χ0) is 9.84. The van der Waals surface area contributed by atoms with Crippen LogP contribution in [0.5, 0.6) is 0 Å². The zero-order valence-corrected chi connectivity index (χ0v) is 11.6. The van der Waals surface area contributed by atoms with E-state index >= 15 is 0 Å². The molecule has 0 aliphatic carbocycles. The van der Waals surface area contributed by atoms with Gasteiger partial charge in [-0.3, -0.25) is 0 Å². The molecule has 0 heterocycles. The second-order valence-electron chi connectivity index (χ2n) is 3.08. The highest BCUT2D eigenvalue weighted by atomic mass is 79.9. The van der Waals surface area contributed by atoms with Crippen molar-refractivity contribution < 1.29 is 0 Å². The molecule has 4 heteroatoms. The molecule has 0 fully saturated rings. The number of benzene rings is 1. The van der Waals surface area contributed by atoms with Crippen LogP contribution in [0.15, 0.2) is 28.7 Å². The molecule has 0 nitrogen and oxygen atoms in total. The van der Waals surface area contributed by atoms with Gasteiger partial charge in [0.2, 0.25) is 7.42 Å². The normalized spacial score (nSPS) is 13.3. The number of hydrogen-bond acceptors (Lipinski definition) is 0. The van der Waals surface area contributed by atoms with Gasteiger partial charge >= 0.3 is 0 Å². The van der Waals surface area contributed by atoms with E-state index in [9.17, 15) is 0 Å². The first kappa shape index (κ1) is 11.6. The van der Waals surface area contributed by atoms with Crippen molar-refractivity contribution >= 4 is 45.5 Å². The molecule has 1 unspecified atom stereocenters. The third kappa shape index (κ3) is 4.02. The summed E-state index contributed by atoms with van der Waals surface area (Å²) in [7, 11) is -1.48. The number of rotatable bonds is 3. The molecule has 0 bridgehead atoms. The van der Waals surface area contributed by atoms with Crippen LogP contribution in [0.25, 0.3) is 0 Å². The van der Waals surface area contributed by atoms with Gasteiger partial charge in [-0.05, 0) is 29.7 Å². The molecule has 1 aromatic rings. The standard InChI is InChI=1S/C9H11BrCl2Si/c1-7(6-13(11)12)8-3-2-4-9(10)5-8/h2-5,7,13H,6H2,1H3. The molecule has 0 aliphatic rings. The summed E-state index contributed by atoms with van der Waals surface area (Å²) in [5.74, 6) is 0.462. The van der Waals surface area contributed by atoms with Gasteiger partial charge in [0.05, 0.1) is 0 Å². The molecule has 0 amide bonds. The van der Waals surface area contributed by atoms with Crippen LogP contribution in [-0.4, -0.2) is 7.42 Å². The van der Waals surface area contributed by atoms with E-state index < -0.39 is 7.42 Å². The maximum atomic E-state index is 5.85.